The maximum Gasteiger partial charge on any atom is 0.472 e. The minimum absolute atomic E-state index is 0.0284. The molecule has 0 aromatic rings. The Bertz CT molecular complexity index is 1290. The second kappa shape index (κ2) is 40.5. The van der Waals surface area contributed by atoms with Crippen molar-refractivity contribution in [2.75, 3.05) is 26.4 Å². The molecule has 5 atom stereocenters. The zero-order valence-electron chi connectivity index (χ0n) is 35.9. The molecule has 0 saturated heterocycles. The fourth-order valence-electron chi connectivity index (χ4n) is 5.25. The number of carbonyl (C=O) groups excluding carboxylic acids is 2. The highest BCUT2D eigenvalue weighted by atomic mass is 31.2. The van der Waals surface area contributed by atoms with Gasteiger partial charge in [-0.15, -0.1) is 0 Å². The van der Waals surface area contributed by atoms with Crippen LogP contribution < -0.4 is 0 Å². The molecule has 5 N–H and O–H groups in total. The van der Waals surface area contributed by atoms with Crippen LogP contribution in [0.3, 0.4) is 0 Å². The SMILES string of the molecule is CCCCC/C=C\C/C=C\C/C=C\CCCCCCC(=O)O[C@H](COC(=O)CCC[C@H](O)\C=C/C=C/C=C/[C@H](O)C/C=C\CCCCC)COP(=O)(O)OC[C@@H](O)CO. The van der Waals surface area contributed by atoms with Crippen molar-refractivity contribution in [2.24, 2.45) is 0 Å². The number of esters is 2. The summed E-state index contributed by atoms with van der Waals surface area (Å²) in [5.74, 6) is -1.20. The van der Waals surface area contributed by atoms with E-state index in [4.69, 9.17) is 19.1 Å². The van der Waals surface area contributed by atoms with Crippen molar-refractivity contribution < 1.29 is 58.0 Å². The molecule has 0 heterocycles. The topological polar surface area (TPSA) is 189 Å². The van der Waals surface area contributed by atoms with Crippen molar-refractivity contribution in [2.45, 2.75) is 167 Å². The Balaban J connectivity index is 4.61. The quantitative estimate of drug-likeness (QED) is 0.0130. The zero-order valence-corrected chi connectivity index (χ0v) is 36.8. The third-order valence-corrected chi connectivity index (χ3v) is 9.66. The molecule has 0 amide bonds. The van der Waals surface area contributed by atoms with Gasteiger partial charge in [-0.25, -0.2) is 4.57 Å². The van der Waals surface area contributed by atoms with E-state index >= 15 is 0 Å². The summed E-state index contributed by atoms with van der Waals surface area (Å²) in [6.45, 7) is 1.96. The first-order chi connectivity index (χ1) is 28.5. The first-order valence-electron chi connectivity index (χ1n) is 21.8. The third-order valence-electron chi connectivity index (χ3n) is 8.71. The fourth-order valence-corrected chi connectivity index (χ4v) is 6.04. The second-order valence-electron chi connectivity index (χ2n) is 14.4. The molecule has 12 nitrogen and oxygen atoms in total. The number of ether oxygens (including phenoxy) is 2. The van der Waals surface area contributed by atoms with Gasteiger partial charge in [0, 0.05) is 12.8 Å². The largest absolute Gasteiger partial charge is 0.472 e. The van der Waals surface area contributed by atoms with E-state index in [9.17, 15) is 34.4 Å². The number of unbranched alkanes of at least 4 members (excludes halogenated alkanes) is 10. The van der Waals surface area contributed by atoms with Crippen molar-refractivity contribution in [3.63, 3.8) is 0 Å². The second-order valence-corrected chi connectivity index (χ2v) is 15.9. The minimum Gasteiger partial charge on any atom is -0.462 e. The molecule has 0 aromatic heterocycles. The minimum atomic E-state index is -4.69. The van der Waals surface area contributed by atoms with Crippen LogP contribution in [-0.4, -0.2) is 88.1 Å². The molecule has 0 fully saturated rings. The van der Waals surface area contributed by atoms with E-state index in [0.717, 1.165) is 57.8 Å². The van der Waals surface area contributed by atoms with Gasteiger partial charge in [0.1, 0.15) is 12.7 Å². The number of allylic oxidation sites excluding steroid dienone is 11. The summed E-state index contributed by atoms with van der Waals surface area (Å²) in [6.07, 6.45) is 40.3. The van der Waals surface area contributed by atoms with Crippen LogP contribution in [0.4, 0.5) is 0 Å². The molecule has 0 rings (SSSR count). The molecular weight excluding hydrogens is 775 g/mol. The first-order valence-corrected chi connectivity index (χ1v) is 23.3. The average molecular weight is 853 g/mol. The smallest absolute Gasteiger partial charge is 0.462 e. The molecule has 13 heteroatoms. The van der Waals surface area contributed by atoms with Crippen molar-refractivity contribution in [3.05, 3.63) is 85.1 Å². The third kappa shape index (κ3) is 40.3. The van der Waals surface area contributed by atoms with E-state index in [-0.39, 0.29) is 19.3 Å². The van der Waals surface area contributed by atoms with E-state index < -0.39 is 70.6 Å². The van der Waals surface area contributed by atoms with Gasteiger partial charge in [0.05, 0.1) is 32.0 Å². The number of rotatable bonds is 39. The average Bonchev–Trinajstić information content (AvgIpc) is 3.21. The van der Waals surface area contributed by atoms with Crippen molar-refractivity contribution in [3.8, 4) is 0 Å². The fraction of sp³-hybridized carbons (Fsp3) is 0.652. The van der Waals surface area contributed by atoms with Gasteiger partial charge in [-0.2, -0.15) is 0 Å². The Morgan fingerprint density at radius 1 is 0.593 bits per heavy atom. The van der Waals surface area contributed by atoms with E-state index in [1.54, 1.807) is 36.5 Å². The maximum absolute atomic E-state index is 12.6. The van der Waals surface area contributed by atoms with E-state index in [1.807, 2.05) is 6.08 Å². The predicted molar refractivity (Wildman–Crippen MR) is 235 cm³/mol. The lowest BCUT2D eigenvalue weighted by atomic mass is 10.1. The Kier molecular flexibility index (Phi) is 38.5. The number of carbonyl (C=O) groups is 2. The van der Waals surface area contributed by atoms with E-state index in [2.05, 4.69) is 60.9 Å². The Labute approximate surface area is 355 Å². The Morgan fingerprint density at radius 3 is 1.73 bits per heavy atom. The number of hydrogen-bond acceptors (Lipinski definition) is 11. The molecule has 0 radical (unpaired) electrons. The summed E-state index contributed by atoms with van der Waals surface area (Å²) in [5.41, 5.74) is 0. The maximum atomic E-state index is 12.6. The standard InChI is InChI=1S/C46H77O12P/c1-3-5-7-9-11-12-13-14-15-16-17-18-19-20-21-23-29-35-46(52)58-44(40-57-59(53,54)56-38-43(50)37-47)39-55-45(51)36-30-34-42(49)33-28-25-24-27-32-41(48)31-26-22-10-8-6-4-2/h11-12,14-15,17-18,22,24-28,32-33,41-44,47-50H,3-10,13,16,19-21,23,29-31,34-40H2,1-2H3,(H,53,54)/b12-11-,15-14-,18-17-,25-24+,26-22-,32-27+,33-28-/t41-,42-,43+,44-/m1/s1. The van der Waals surface area contributed by atoms with Crippen molar-refractivity contribution >= 4 is 19.8 Å². The van der Waals surface area contributed by atoms with Gasteiger partial charge >= 0.3 is 19.8 Å². The van der Waals surface area contributed by atoms with Gasteiger partial charge in [0.25, 0.3) is 0 Å². The zero-order chi connectivity index (χ0) is 43.7. The monoisotopic (exact) mass is 853 g/mol. The van der Waals surface area contributed by atoms with Crippen LogP contribution in [0.1, 0.15) is 142 Å². The first kappa shape index (κ1) is 56.1. The molecule has 338 valence electrons. The molecule has 0 aliphatic carbocycles. The molecule has 0 saturated carbocycles. The molecular formula is C46H77O12P. The van der Waals surface area contributed by atoms with Gasteiger partial charge in [0.15, 0.2) is 6.10 Å². The van der Waals surface area contributed by atoms with Gasteiger partial charge in [-0.1, -0.05) is 137 Å². The predicted octanol–water partition coefficient (Wildman–Crippen LogP) is 9.39. The number of aliphatic hydroxyl groups is 4. The van der Waals surface area contributed by atoms with Crippen LogP contribution in [0.25, 0.3) is 0 Å². The lowest BCUT2D eigenvalue weighted by Gasteiger charge is -2.20. The Morgan fingerprint density at radius 2 is 1.12 bits per heavy atom. The molecule has 0 bridgehead atoms. The summed E-state index contributed by atoms with van der Waals surface area (Å²) in [4.78, 5) is 35.0. The van der Waals surface area contributed by atoms with Crippen LogP contribution in [-0.2, 0) is 32.7 Å². The summed E-state index contributed by atoms with van der Waals surface area (Å²) in [6, 6.07) is 0. The molecule has 0 spiro atoms. The van der Waals surface area contributed by atoms with Crippen LogP contribution in [0.2, 0.25) is 0 Å². The van der Waals surface area contributed by atoms with Gasteiger partial charge in [0.2, 0.25) is 0 Å². The highest BCUT2D eigenvalue weighted by Crippen LogP contribution is 2.43. The van der Waals surface area contributed by atoms with Gasteiger partial charge < -0.3 is 34.8 Å². The number of aliphatic hydroxyl groups excluding tert-OH is 4. The summed E-state index contributed by atoms with van der Waals surface area (Å²) in [5, 5.41) is 38.6. The van der Waals surface area contributed by atoms with Crippen LogP contribution in [0, 0.1) is 0 Å². The van der Waals surface area contributed by atoms with Crippen LogP contribution in [0.15, 0.2) is 85.1 Å². The lowest BCUT2D eigenvalue weighted by Crippen LogP contribution is -2.30. The van der Waals surface area contributed by atoms with E-state index in [1.165, 1.54) is 32.1 Å². The lowest BCUT2D eigenvalue weighted by molar-refractivity contribution is -0.161. The highest BCUT2D eigenvalue weighted by Gasteiger charge is 2.27. The van der Waals surface area contributed by atoms with Crippen molar-refractivity contribution in [1.82, 2.24) is 0 Å². The summed E-state index contributed by atoms with van der Waals surface area (Å²) >= 11 is 0. The number of phosphoric acid groups is 1. The van der Waals surface area contributed by atoms with Crippen molar-refractivity contribution in [1.29, 1.82) is 0 Å². The van der Waals surface area contributed by atoms with Crippen LogP contribution >= 0.6 is 7.82 Å². The Hall–Kier alpha value is -2.93. The normalized spacial score (nSPS) is 15.7. The number of phosphoric ester groups is 1. The van der Waals surface area contributed by atoms with Crippen LogP contribution in [0.5, 0.6) is 0 Å². The molecule has 0 aromatic carbocycles. The van der Waals surface area contributed by atoms with E-state index in [0.29, 0.717) is 19.3 Å². The number of hydrogen-bond donors (Lipinski definition) is 5. The molecule has 59 heavy (non-hydrogen) atoms. The summed E-state index contributed by atoms with van der Waals surface area (Å²) in [7, 11) is -4.69. The summed E-state index contributed by atoms with van der Waals surface area (Å²) < 4.78 is 32.5. The van der Waals surface area contributed by atoms with Gasteiger partial charge in [-0.3, -0.25) is 18.6 Å². The molecule has 1 unspecified atom stereocenters. The molecule has 0 aliphatic rings. The molecule has 0 aliphatic heterocycles. The van der Waals surface area contributed by atoms with Gasteiger partial charge in [-0.05, 0) is 77.0 Å². The highest BCUT2D eigenvalue weighted by molar-refractivity contribution is 7.47.